The Morgan fingerprint density at radius 3 is 2.56 bits per heavy atom. The fourth-order valence-corrected chi connectivity index (χ4v) is 2.30. The van der Waals surface area contributed by atoms with Crippen molar-refractivity contribution in [3.05, 3.63) is 64.1 Å². The molecule has 3 heteroatoms. The molecule has 2 nitrogen and oxygen atoms in total. The molecule has 0 radical (unpaired) electrons. The molecule has 0 heterocycles. The van der Waals surface area contributed by atoms with Crippen molar-refractivity contribution in [3.8, 4) is 5.75 Å². The second kappa shape index (κ2) is 6.57. The Morgan fingerprint density at radius 1 is 1.06 bits per heavy atom. The lowest BCUT2D eigenvalue weighted by Gasteiger charge is -2.13. The van der Waals surface area contributed by atoms with Gasteiger partial charge in [0.15, 0.2) is 0 Å². The van der Waals surface area contributed by atoms with Gasteiger partial charge in [0.2, 0.25) is 0 Å². The van der Waals surface area contributed by atoms with Crippen LogP contribution >= 0.6 is 15.9 Å². The van der Waals surface area contributed by atoms with E-state index in [1.807, 2.05) is 37.4 Å². The first kappa shape index (κ1) is 13.1. The third-order valence-corrected chi connectivity index (χ3v) is 3.27. The predicted octanol–water partition coefficient (Wildman–Crippen LogP) is 3.75. The highest BCUT2D eigenvalue weighted by Crippen LogP contribution is 2.29. The van der Waals surface area contributed by atoms with Gasteiger partial charge in [-0.25, -0.2) is 0 Å². The van der Waals surface area contributed by atoms with Crippen LogP contribution in [-0.2, 0) is 13.2 Å². The van der Waals surface area contributed by atoms with Crippen molar-refractivity contribution >= 4 is 15.9 Å². The van der Waals surface area contributed by atoms with E-state index < -0.39 is 0 Å². The summed E-state index contributed by atoms with van der Waals surface area (Å²) in [5.74, 6) is 0.913. The summed E-state index contributed by atoms with van der Waals surface area (Å²) < 4.78 is 6.91. The number of benzene rings is 2. The average molecular weight is 306 g/mol. The molecule has 0 aliphatic carbocycles. The molecular formula is C15H16BrNO. The molecule has 0 saturated carbocycles. The SMILES string of the molecule is CNCc1cccc(Br)c1OCc1ccccc1. The van der Waals surface area contributed by atoms with Crippen molar-refractivity contribution in [1.29, 1.82) is 0 Å². The highest BCUT2D eigenvalue weighted by atomic mass is 79.9. The number of ether oxygens (including phenoxy) is 1. The Hall–Kier alpha value is -1.32. The molecular weight excluding hydrogens is 290 g/mol. The van der Waals surface area contributed by atoms with Gasteiger partial charge in [0, 0.05) is 12.1 Å². The maximum absolute atomic E-state index is 5.92. The van der Waals surface area contributed by atoms with Crippen LogP contribution in [0.1, 0.15) is 11.1 Å². The molecule has 0 amide bonds. The van der Waals surface area contributed by atoms with Crippen molar-refractivity contribution in [1.82, 2.24) is 5.32 Å². The van der Waals surface area contributed by atoms with Crippen LogP contribution in [0.3, 0.4) is 0 Å². The normalized spacial score (nSPS) is 10.3. The molecule has 2 aromatic carbocycles. The third kappa shape index (κ3) is 3.34. The van der Waals surface area contributed by atoms with Gasteiger partial charge in [0.25, 0.3) is 0 Å². The summed E-state index contributed by atoms with van der Waals surface area (Å²) in [6.45, 7) is 1.38. The van der Waals surface area contributed by atoms with E-state index >= 15 is 0 Å². The highest BCUT2D eigenvalue weighted by molar-refractivity contribution is 9.10. The monoisotopic (exact) mass is 305 g/mol. The first-order valence-corrected chi connectivity index (χ1v) is 6.69. The van der Waals surface area contributed by atoms with E-state index in [1.165, 1.54) is 5.56 Å². The van der Waals surface area contributed by atoms with E-state index in [9.17, 15) is 0 Å². The first-order valence-electron chi connectivity index (χ1n) is 5.90. The van der Waals surface area contributed by atoms with Crippen LogP contribution in [-0.4, -0.2) is 7.05 Å². The summed E-state index contributed by atoms with van der Waals surface area (Å²) in [5, 5.41) is 3.15. The standard InChI is InChI=1S/C15H16BrNO/c1-17-10-13-8-5-9-14(16)15(13)18-11-12-6-3-2-4-7-12/h2-9,17H,10-11H2,1H3. The van der Waals surface area contributed by atoms with Gasteiger partial charge < -0.3 is 10.1 Å². The van der Waals surface area contributed by atoms with Crippen molar-refractivity contribution < 1.29 is 4.74 Å². The van der Waals surface area contributed by atoms with Gasteiger partial charge in [-0.1, -0.05) is 42.5 Å². The van der Waals surface area contributed by atoms with E-state index in [0.717, 1.165) is 22.3 Å². The van der Waals surface area contributed by atoms with Gasteiger partial charge in [-0.3, -0.25) is 0 Å². The number of rotatable bonds is 5. The van der Waals surface area contributed by atoms with Crippen LogP contribution in [0.4, 0.5) is 0 Å². The quantitative estimate of drug-likeness (QED) is 0.908. The van der Waals surface area contributed by atoms with Gasteiger partial charge in [0.1, 0.15) is 12.4 Å². The molecule has 0 saturated heterocycles. The highest BCUT2D eigenvalue weighted by Gasteiger charge is 2.07. The van der Waals surface area contributed by atoms with Gasteiger partial charge in [-0.15, -0.1) is 0 Å². The smallest absolute Gasteiger partial charge is 0.138 e. The zero-order valence-corrected chi connectivity index (χ0v) is 11.9. The average Bonchev–Trinajstić information content (AvgIpc) is 2.40. The van der Waals surface area contributed by atoms with E-state index in [0.29, 0.717) is 6.61 Å². The van der Waals surface area contributed by atoms with Crippen LogP contribution in [0.15, 0.2) is 53.0 Å². The van der Waals surface area contributed by atoms with Gasteiger partial charge in [0.05, 0.1) is 4.47 Å². The minimum atomic E-state index is 0.583. The summed E-state index contributed by atoms with van der Waals surface area (Å²) in [5.41, 5.74) is 2.33. The van der Waals surface area contributed by atoms with Crippen molar-refractivity contribution in [2.24, 2.45) is 0 Å². The zero-order chi connectivity index (χ0) is 12.8. The lowest BCUT2D eigenvalue weighted by Crippen LogP contribution is -2.08. The second-order valence-electron chi connectivity index (χ2n) is 4.03. The van der Waals surface area contributed by atoms with Crippen LogP contribution in [0.5, 0.6) is 5.75 Å². The van der Waals surface area contributed by atoms with Crippen LogP contribution in [0.25, 0.3) is 0 Å². The molecule has 0 aliphatic rings. The third-order valence-electron chi connectivity index (χ3n) is 2.64. The lowest BCUT2D eigenvalue weighted by atomic mass is 10.2. The molecule has 0 spiro atoms. The largest absolute Gasteiger partial charge is 0.487 e. The molecule has 2 rings (SSSR count). The second-order valence-corrected chi connectivity index (χ2v) is 4.89. The topological polar surface area (TPSA) is 21.3 Å². The Labute approximate surface area is 116 Å². The maximum Gasteiger partial charge on any atom is 0.138 e. The number of hydrogen-bond acceptors (Lipinski definition) is 2. The van der Waals surface area contributed by atoms with Crippen molar-refractivity contribution in [3.63, 3.8) is 0 Å². The summed E-state index contributed by atoms with van der Waals surface area (Å²) >= 11 is 3.54. The number of halogens is 1. The summed E-state index contributed by atoms with van der Waals surface area (Å²) in [6, 6.07) is 16.3. The molecule has 0 bridgehead atoms. The molecule has 0 aromatic heterocycles. The fourth-order valence-electron chi connectivity index (χ4n) is 1.77. The van der Waals surface area contributed by atoms with E-state index in [4.69, 9.17) is 4.74 Å². The zero-order valence-electron chi connectivity index (χ0n) is 10.3. The predicted molar refractivity (Wildman–Crippen MR) is 77.7 cm³/mol. The summed E-state index contributed by atoms with van der Waals surface area (Å²) in [4.78, 5) is 0. The number of nitrogens with one attached hydrogen (secondary N) is 1. The van der Waals surface area contributed by atoms with Crippen LogP contribution < -0.4 is 10.1 Å². The fraction of sp³-hybridized carbons (Fsp3) is 0.200. The van der Waals surface area contributed by atoms with Crippen LogP contribution in [0, 0.1) is 0 Å². The summed E-state index contributed by atoms with van der Waals surface area (Å²) in [7, 11) is 1.93. The van der Waals surface area contributed by atoms with E-state index in [-0.39, 0.29) is 0 Å². The number of hydrogen-bond donors (Lipinski definition) is 1. The lowest BCUT2D eigenvalue weighted by molar-refractivity contribution is 0.300. The number of para-hydroxylation sites is 1. The minimum Gasteiger partial charge on any atom is -0.487 e. The maximum atomic E-state index is 5.92. The van der Waals surface area contributed by atoms with Crippen molar-refractivity contribution in [2.45, 2.75) is 13.2 Å². The van der Waals surface area contributed by atoms with E-state index in [1.54, 1.807) is 0 Å². The molecule has 0 atom stereocenters. The van der Waals surface area contributed by atoms with Gasteiger partial charge in [-0.2, -0.15) is 0 Å². The van der Waals surface area contributed by atoms with Crippen molar-refractivity contribution in [2.75, 3.05) is 7.05 Å². The molecule has 18 heavy (non-hydrogen) atoms. The van der Waals surface area contributed by atoms with Gasteiger partial charge >= 0.3 is 0 Å². The molecule has 0 aliphatic heterocycles. The first-order chi connectivity index (χ1) is 8.81. The Morgan fingerprint density at radius 2 is 1.83 bits per heavy atom. The van der Waals surface area contributed by atoms with Crippen LogP contribution in [0.2, 0.25) is 0 Å². The molecule has 1 N–H and O–H groups in total. The molecule has 94 valence electrons. The Bertz CT molecular complexity index is 499. The van der Waals surface area contributed by atoms with E-state index in [2.05, 4.69) is 39.4 Å². The molecule has 2 aromatic rings. The molecule has 0 fully saturated rings. The minimum absolute atomic E-state index is 0.583. The van der Waals surface area contributed by atoms with Gasteiger partial charge in [-0.05, 0) is 34.6 Å². The Kier molecular flexibility index (Phi) is 4.79. The Balaban J connectivity index is 2.13. The molecule has 0 unspecified atom stereocenters. The summed E-state index contributed by atoms with van der Waals surface area (Å²) in [6.07, 6.45) is 0.